The Morgan fingerprint density at radius 3 is 1.50 bits per heavy atom. The number of aryl methyl sites for hydroxylation is 1. The van der Waals surface area contributed by atoms with Gasteiger partial charge in [-0.15, -0.1) is 0 Å². The second-order valence-corrected chi connectivity index (χ2v) is 10.2. The molecule has 1 aromatic rings. The summed E-state index contributed by atoms with van der Waals surface area (Å²) in [4.78, 5) is 62.7. The minimum absolute atomic E-state index is 0.0163. The van der Waals surface area contributed by atoms with E-state index in [4.69, 9.17) is 0 Å². The molecule has 3 unspecified atom stereocenters. The average molecular weight is 566 g/mol. The monoisotopic (exact) mass is 565 g/mol. The summed E-state index contributed by atoms with van der Waals surface area (Å²) in [6.45, 7) is -0.711. The Kier molecular flexibility index (Phi) is 13.0. The fraction of sp³-hybridized carbons (Fsp3) is 0.593. The topological polar surface area (TPSA) is 196 Å². The van der Waals surface area contributed by atoms with Crippen molar-refractivity contribution in [3.63, 3.8) is 0 Å². The molecule has 1 saturated carbocycles. The minimum Gasteiger partial charge on any atom is -0.480 e. The molecule has 1 fully saturated rings. The SMILES string of the molecule is CCc1ccc(CC(CN(CC(=O)O)C2CCCCC2N(CC(=O)O)CC(=O)O)N(CC(=O)O)CC(=O)O)cc1. The predicted molar refractivity (Wildman–Crippen MR) is 142 cm³/mol. The van der Waals surface area contributed by atoms with E-state index in [0.29, 0.717) is 25.7 Å². The van der Waals surface area contributed by atoms with E-state index in [1.54, 1.807) is 4.90 Å². The molecule has 5 N–H and O–H groups in total. The minimum atomic E-state index is -1.23. The number of hydrogen-bond donors (Lipinski definition) is 5. The number of carbonyl (C=O) groups is 5. The van der Waals surface area contributed by atoms with Gasteiger partial charge in [-0.2, -0.15) is 0 Å². The quantitative estimate of drug-likeness (QED) is 0.168. The Bertz CT molecular complexity index is 1000. The van der Waals surface area contributed by atoms with E-state index in [9.17, 15) is 49.5 Å². The summed E-state index contributed by atoms with van der Waals surface area (Å²) in [5.41, 5.74) is 1.90. The highest BCUT2D eigenvalue weighted by Crippen LogP contribution is 2.28. The molecule has 0 heterocycles. The first-order valence-corrected chi connectivity index (χ1v) is 13.3. The van der Waals surface area contributed by atoms with Crippen molar-refractivity contribution in [2.24, 2.45) is 0 Å². The van der Waals surface area contributed by atoms with E-state index in [1.165, 1.54) is 9.80 Å². The average Bonchev–Trinajstić information content (AvgIpc) is 2.86. The molecule has 3 atom stereocenters. The second kappa shape index (κ2) is 15.9. The van der Waals surface area contributed by atoms with Crippen molar-refractivity contribution in [2.45, 2.75) is 63.6 Å². The van der Waals surface area contributed by atoms with E-state index in [2.05, 4.69) is 0 Å². The fourth-order valence-corrected chi connectivity index (χ4v) is 5.50. The van der Waals surface area contributed by atoms with Gasteiger partial charge >= 0.3 is 29.8 Å². The Labute approximate surface area is 232 Å². The maximum atomic E-state index is 12.0. The first kappa shape index (κ1) is 32.7. The molecule has 0 aromatic heterocycles. The molecular weight excluding hydrogens is 526 g/mol. The van der Waals surface area contributed by atoms with Gasteiger partial charge in [-0.25, -0.2) is 0 Å². The van der Waals surface area contributed by atoms with Crippen LogP contribution in [-0.4, -0.2) is 127 Å². The highest BCUT2D eigenvalue weighted by molar-refractivity contribution is 5.73. The standard InChI is InChI=1S/C27H39N3O10/c1-2-18-7-9-19(10-8-18)11-20(28(13-23(31)32)14-24(33)34)12-29(15-25(35)36)21-5-3-4-6-22(21)30(16-26(37)38)17-27(39)40/h7-10,20-22H,2-6,11-17H2,1H3,(H,31,32)(H,33,34)(H,35,36)(H,37,38)(H,39,40). The summed E-state index contributed by atoms with van der Waals surface area (Å²) < 4.78 is 0. The molecule has 1 aliphatic carbocycles. The first-order chi connectivity index (χ1) is 18.9. The lowest BCUT2D eigenvalue weighted by atomic mass is 9.87. The molecule has 13 heteroatoms. The van der Waals surface area contributed by atoms with Crippen LogP contribution in [-0.2, 0) is 36.8 Å². The Hall–Kier alpha value is -3.55. The largest absolute Gasteiger partial charge is 0.480 e. The number of aliphatic carboxylic acids is 5. The highest BCUT2D eigenvalue weighted by Gasteiger charge is 2.38. The van der Waals surface area contributed by atoms with Gasteiger partial charge < -0.3 is 25.5 Å². The van der Waals surface area contributed by atoms with Gasteiger partial charge in [0.25, 0.3) is 0 Å². The third kappa shape index (κ3) is 10.9. The van der Waals surface area contributed by atoms with Crippen LogP contribution < -0.4 is 0 Å². The van der Waals surface area contributed by atoms with E-state index in [0.717, 1.165) is 17.5 Å². The van der Waals surface area contributed by atoms with Crippen LogP contribution in [0.25, 0.3) is 0 Å². The van der Waals surface area contributed by atoms with Gasteiger partial charge in [0, 0.05) is 24.7 Å². The number of hydrogen-bond acceptors (Lipinski definition) is 8. The summed E-state index contributed by atoms with van der Waals surface area (Å²) in [5, 5.41) is 47.7. The summed E-state index contributed by atoms with van der Waals surface area (Å²) in [7, 11) is 0. The molecule has 0 saturated heterocycles. The van der Waals surface area contributed by atoms with Crippen LogP contribution in [0.1, 0.15) is 43.7 Å². The summed E-state index contributed by atoms with van der Waals surface area (Å²) in [6.07, 6.45) is 3.40. The maximum Gasteiger partial charge on any atom is 0.317 e. The number of benzene rings is 1. The lowest BCUT2D eigenvalue weighted by molar-refractivity contribution is -0.146. The fourth-order valence-electron chi connectivity index (χ4n) is 5.50. The number of rotatable bonds is 18. The van der Waals surface area contributed by atoms with Gasteiger partial charge in [0.1, 0.15) is 0 Å². The lowest BCUT2D eigenvalue weighted by Crippen LogP contribution is -2.59. The molecule has 1 aromatic carbocycles. The Morgan fingerprint density at radius 2 is 1.07 bits per heavy atom. The molecule has 0 aliphatic heterocycles. The molecule has 0 bridgehead atoms. The van der Waals surface area contributed by atoms with Crippen LogP contribution >= 0.6 is 0 Å². The molecule has 0 spiro atoms. The van der Waals surface area contributed by atoms with E-state index in [-0.39, 0.29) is 13.0 Å². The van der Waals surface area contributed by atoms with Gasteiger partial charge in [-0.1, -0.05) is 44.0 Å². The zero-order valence-electron chi connectivity index (χ0n) is 22.6. The van der Waals surface area contributed by atoms with Crippen LogP contribution in [0.2, 0.25) is 0 Å². The summed E-state index contributed by atoms with van der Waals surface area (Å²) in [6, 6.07) is 5.77. The van der Waals surface area contributed by atoms with Crippen LogP contribution in [0.5, 0.6) is 0 Å². The van der Waals surface area contributed by atoms with Crippen LogP contribution in [0.15, 0.2) is 24.3 Å². The first-order valence-electron chi connectivity index (χ1n) is 13.3. The molecule has 0 amide bonds. The van der Waals surface area contributed by atoms with Crippen molar-refractivity contribution in [2.75, 3.05) is 39.3 Å². The molecular formula is C27H39N3O10. The van der Waals surface area contributed by atoms with E-state index in [1.807, 2.05) is 31.2 Å². The van der Waals surface area contributed by atoms with Crippen LogP contribution in [0.3, 0.4) is 0 Å². The Morgan fingerprint density at radius 1 is 0.675 bits per heavy atom. The normalized spacial score (nSPS) is 18.1. The van der Waals surface area contributed by atoms with Gasteiger partial charge in [-0.05, 0) is 36.8 Å². The van der Waals surface area contributed by atoms with Gasteiger partial charge in [0.05, 0.1) is 32.7 Å². The van der Waals surface area contributed by atoms with E-state index >= 15 is 0 Å². The lowest BCUT2D eigenvalue weighted by Gasteiger charge is -2.45. The van der Waals surface area contributed by atoms with Crippen molar-refractivity contribution in [3.05, 3.63) is 35.4 Å². The highest BCUT2D eigenvalue weighted by atomic mass is 16.4. The molecule has 13 nitrogen and oxygen atoms in total. The van der Waals surface area contributed by atoms with Crippen molar-refractivity contribution in [1.82, 2.24) is 14.7 Å². The Balaban J connectivity index is 2.49. The molecule has 0 radical (unpaired) electrons. The molecule has 40 heavy (non-hydrogen) atoms. The zero-order valence-corrected chi connectivity index (χ0v) is 22.6. The predicted octanol–water partition coefficient (Wildman–Crippen LogP) is 0.800. The van der Waals surface area contributed by atoms with Crippen LogP contribution in [0.4, 0.5) is 0 Å². The third-order valence-electron chi connectivity index (χ3n) is 7.19. The van der Waals surface area contributed by atoms with Gasteiger partial charge in [-0.3, -0.25) is 38.7 Å². The maximum absolute atomic E-state index is 12.0. The second-order valence-electron chi connectivity index (χ2n) is 10.2. The third-order valence-corrected chi connectivity index (χ3v) is 7.19. The van der Waals surface area contributed by atoms with Crippen molar-refractivity contribution in [3.8, 4) is 0 Å². The number of nitrogens with zero attached hydrogens (tertiary/aromatic N) is 3. The smallest absolute Gasteiger partial charge is 0.317 e. The van der Waals surface area contributed by atoms with Crippen molar-refractivity contribution < 1.29 is 49.5 Å². The van der Waals surface area contributed by atoms with E-state index < -0.39 is 80.7 Å². The summed E-state index contributed by atoms with van der Waals surface area (Å²) >= 11 is 0. The van der Waals surface area contributed by atoms with Crippen molar-refractivity contribution in [1.29, 1.82) is 0 Å². The molecule has 1 aliphatic rings. The van der Waals surface area contributed by atoms with Crippen molar-refractivity contribution >= 4 is 29.8 Å². The van der Waals surface area contributed by atoms with Crippen LogP contribution in [0, 0.1) is 0 Å². The number of carboxylic acid groups (broad SMARTS) is 5. The molecule has 2 rings (SSSR count). The molecule has 222 valence electrons. The van der Waals surface area contributed by atoms with Gasteiger partial charge in [0.2, 0.25) is 0 Å². The van der Waals surface area contributed by atoms with Gasteiger partial charge in [0.15, 0.2) is 0 Å². The summed E-state index contributed by atoms with van der Waals surface area (Å²) in [5.74, 6) is -6.05. The zero-order chi connectivity index (χ0) is 29.8. The number of carboxylic acids is 5.